The number of amides is 1. The highest BCUT2D eigenvalue weighted by molar-refractivity contribution is 7.92. The van der Waals surface area contributed by atoms with E-state index in [0.717, 1.165) is 11.8 Å². The molecule has 0 aromatic heterocycles. The Morgan fingerprint density at radius 2 is 2.00 bits per heavy atom. The molecule has 1 heterocycles. The van der Waals surface area contributed by atoms with Gasteiger partial charge in [0.2, 0.25) is 10.0 Å². The molecule has 0 atom stereocenters. The Bertz CT molecular complexity index is 742. The van der Waals surface area contributed by atoms with Gasteiger partial charge in [-0.3, -0.25) is 13.9 Å². The molecule has 0 spiro atoms. The molecule has 126 valence electrons. The second kappa shape index (κ2) is 6.19. The van der Waals surface area contributed by atoms with Gasteiger partial charge in [-0.25, -0.2) is 8.42 Å². The van der Waals surface area contributed by atoms with Crippen LogP contribution < -0.4 is 4.31 Å². The number of nitrogens with zero attached hydrogens (tertiary/aromatic N) is 2. The summed E-state index contributed by atoms with van der Waals surface area (Å²) in [6, 6.07) is 4.55. The molecule has 1 aliphatic rings. The number of rotatable bonds is 5. The van der Waals surface area contributed by atoms with E-state index < -0.39 is 16.0 Å². The van der Waals surface area contributed by atoms with Crippen LogP contribution in [0.2, 0.25) is 0 Å². The third-order valence-electron chi connectivity index (χ3n) is 3.77. The Balaban J connectivity index is 2.32. The third-order valence-corrected chi connectivity index (χ3v) is 4.95. The van der Waals surface area contributed by atoms with E-state index in [2.05, 4.69) is 0 Å². The number of carboxylic acids is 1. The van der Waals surface area contributed by atoms with Crippen LogP contribution in [0.3, 0.4) is 0 Å². The highest BCUT2D eigenvalue weighted by Gasteiger charge is 2.28. The summed E-state index contributed by atoms with van der Waals surface area (Å²) in [7, 11) is -3.33. The van der Waals surface area contributed by atoms with Crippen molar-refractivity contribution in [2.75, 3.05) is 23.7 Å². The number of anilines is 1. The lowest BCUT2D eigenvalue weighted by atomic mass is 10.1. The maximum atomic E-state index is 12.5. The van der Waals surface area contributed by atoms with Crippen molar-refractivity contribution in [3.8, 4) is 0 Å². The van der Waals surface area contributed by atoms with Gasteiger partial charge in [-0.15, -0.1) is 0 Å². The number of carbonyl (C=O) groups excluding carboxylic acids is 1. The van der Waals surface area contributed by atoms with Crippen molar-refractivity contribution in [2.24, 2.45) is 0 Å². The van der Waals surface area contributed by atoms with Crippen LogP contribution in [0.25, 0.3) is 0 Å². The molecule has 0 unspecified atom stereocenters. The summed E-state index contributed by atoms with van der Waals surface area (Å²) in [5, 5.41) is 8.94. The van der Waals surface area contributed by atoms with Crippen LogP contribution in [-0.4, -0.2) is 55.7 Å². The topological polar surface area (TPSA) is 95.0 Å². The van der Waals surface area contributed by atoms with Crippen molar-refractivity contribution in [2.45, 2.75) is 26.3 Å². The minimum atomic E-state index is -3.33. The first kappa shape index (κ1) is 17.3. The molecule has 1 aliphatic heterocycles. The van der Waals surface area contributed by atoms with Gasteiger partial charge >= 0.3 is 5.97 Å². The lowest BCUT2D eigenvalue weighted by Crippen LogP contribution is -2.40. The minimum absolute atomic E-state index is 0.251. The fraction of sp³-hybridized carbons (Fsp3) is 0.467. The Labute approximate surface area is 135 Å². The van der Waals surface area contributed by atoms with E-state index in [0.29, 0.717) is 24.2 Å². The summed E-state index contributed by atoms with van der Waals surface area (Å²) in [5.41, 5.74) is 1.73. The molecule has 7 nitrogen and oxygen atoms in total. The average molecular weight is 340 g/mol. The normalized spacial score (nSPS) is 14.0. The van der Waals surface area contributed by atoms with Gasteiger partial charge in [-0.05, 0) is 44.0 Å². The molecule has 23 heavy (non-hydrogen) atoms. The first-order valence-electron chi connectivity index (χ1n) is 7.24. The number of carboxylic acid groups (broad SMARTS) is 1. The van der Waals surface area contributed by atoms with E-state index in [-0.39, 0.29) is 18.5 Å². The molecule has 0 saturated carbocycles. The number of sulfonamides is 1. The monoisotopic (exact) mass is 340 g/mol. The summed E-state index contributed by atoms with van der Waals surface area (Å²) < 4.78 is 24.8. The molecular formula is C15H20N2O5S. The van der Waals surface area contributed by atoms with Crippen LogP contribution in [0.15, 0.2) is 18.2 Å². The summed E-state index contributed by atoms with van der Waals surface area (Å²) in [5.74, 6) is -1.44. The fourth-order valence-electron chi connectivity index (χ4n) is 2.65. The van der Waals surface area contributed by atoms with Gasteiger partial charge in [-0.1, -0.05) is 0 Å². The van der Waals surface area contributed by atoms with Gasteiger partial charge in [0.25, 0.3) is 5.91 Å². The molecule has 0 bridgehead atoms. The van der Waals surface area contributed by atoms with Crippen LogP contribution in [0.5, 0.6) is 0 Å². The zero-order valence-electron chi connectivity index (χ0n) is 13.3. The Hall–Kier alpha value is -2.09. The van der Waals surface area contributed by atoms with Crippen LogP contribution in [0.4, 0.5) is 5.69 Å². The highest BCUT2D eigenvalue weighted by atomic mass is 32.2. The van der Waals surface area contributed by atoms with Gasteiger partial charge in [0.05, 0.1) is 11.9 Å². The molecule has 2 rings (SSSR count). The molecule has 1 aromatic carbocycles. The first-order chi connectivity index (χ1) is 10.6. The lowest BCUT2D eigenvalue weighted by Gasteiger charge is -2.25. The second-order valence-electron chi connectivity index (χ2n) is 5.85. The Morgan fingerprint density at radius 3 is 2.52 bits per heavy atom. The van der Waals surface area contributed by atoms with E-state index in [4.69, 9.17) is 5.11 Å². The van der Waals surface area contributed by atoms with Gasteiger partial charge < -0.3 is 10.0 Å². The lowest BCUT2D eigenvalue weighted by molar-refractivity contribution is -0.138. The molecular weight excluding hydrogens is 320 g/mol. The van der Waals surface area contributed by atoms with E-state index >= 15 is 0 Å². The summed E-state index contributed by atoms with van der Waals surface area (Å²) in [6.07, 6.45) is 1.68. The number of benzene rings is 1. The number of carbonyl (C=O) groups is 2. The van der Waals surface area contributed by atoms with Crippen LogP contribution in [0, 0.1) is 0 Å². The number of fused-ring (bicyclic) bond motifs is 1. The summed E-state index contributed by atoms with van der Waals surface area (Å²) >= 11 is 0. The van der Waals surface area contributed by atoms with Crippen molar-refractivity contribution in [1.29, 1.82) is 0 Å². The van der Waals surface area contributed by atoms with Crippen LogP contribution >= 0.6 is 0 Å². The molecule has 1 N–H and O–H groups in total. The predicted molar refractivity (Wildman–Crippen MR) is 86.1 cm³/mol. The van der Waals surface area contributed by atoms with E-state index in [1.165, 1.54) is 9.21 Å². The largest absolute Gasteiger partial charge is 0.480 e. The molecule has 0 fully saturated rings. The quantitative estimate of drug-likeness (QED) is 0.861. The van der Waals surface area contributed by atoms with Gasteiger partial charge in [0, 0.05) is 18.2 Å². The summed E-state index contributed by atoms with van der Waals surface area (Å²) in [4.78, 5) is 24.7. The average Bonchev–Trinajstić information content (AvgIpc) is 2.86. The van der Waals surface area contributed by atoms with Gasteiger partial charge in [-0.2, -0.15) is 0 Å². The van der Waals surface area contributed by atoms with Crippen LogP contribution in [-0.2, 0) is 21.2 Å². The maximum absolute atomic E-state index is 12.5. The predicted octanol–water partition coefficient (Wildman–Crippen LogP) is 0.944. The fourth-order valence-corrected chi connectivity index (χ4v) is 3.61. The molecule has 0 aliphatic carbocycles. The van der Waals surface area contributed by atoms with Gasteiger partial charge in [0.15, 0.2) is 0 Å². The van der Waals surface area contributed by atoms with Crippen molar-refractivity contribution < 1.29 is 23.1 Å². The number of aliphatic carboxylic acids is 1. The Kier molecular flexibility index (Phi) is 4.65. The highest BCUT2D eigenvalue weighted by Crippen LogP contribution is 2.31. The molecule has 0 saturated heterocycles. The zero-order valence-corrected chi connectivity index (χ0v) is 14.1. The van der Waals surface area contributed by atoms with Crippen molar-refractivity contribution in [1.82, 2.24) is 4.90 Å². The number of hydrogen-bond donors (Lipinski definition) is 1. The van der Waals surface area contributed by atoms with Gasteiger partial charge in [0.1, 0.15) is 6.54 Å². The van der Waals surface area contributed by atoms with Crippen LogP contribution in [0.1, 0.15) is 29.8 Å². The van der Waals surface area contributed by atoms with Crippen molar-refractivity contribution in [3.63, 3.8) is 0 Å². The minimum Gasteiger partial charge on any atom is -0.480 e. The molecule has 1 amide bonds. The van der Waals surface area contributed by atoms with E-state index in [1.807, 2.05) is 0 Å². The summed E-state index contributed by atoms with van der Waals surface area (Å²) in [6.45, 7) is 3.48. The maximum Gasteiger partial charge on any atom is 0.323 e. The second-order valence-corrected chi connectivity index (χ2v) is 7.76. The zero-order chi connectivity index (χ0) is 17.4. The third kappa shape index (κ3) is 3.64. The Morgan fingerprint density at radius 1 is 1.35 bits per heavy atom. The van der Waals surface area contributed by atoms with E-state index in [9.17, 15) is 18.0 Å². The molecule has 1 aromatic rings. The standard InChI is InChI=1S/C15H20N2O5S/c1-10(2)16(9-14(18)19)15(20)12-4-5-13-11(8-12)6-7-17(13)23(3,21)22/h4-5,8,10H,6-7,9H2,1-3H3,(H,18,19). The molecule has 0 radical (unpaired) electrons. The smallest absolute Gasteiger partial charge is 0.323 e. The van der Waals surface area contributed by atoms with Crippen molar-refractivity contribution >= 4 is 27.6 Å². The SMILES string of the molecule is CC(C)N(CC(=O)O)C(=O)c1ccc2c(c1)CCN2S(C)(=O)=O. The first-order valence-corrected chi connectivity index (χ1v) is 9.09. The van der Waals surface area contributed by atoms with E-state index in [1.54, 1.807) is 32.0 Å². The van der Waals surface area contributed by atoms with Crippen molar-refractivity contribution in [3.05, 3.63) is 29.3 Å². The molecule has 8 heteroatoms. The number of hydrogen-bond acceptors (Lipinski definition) is 4.